The minimum Gasteiger partial charge on any atom is -0.490 e. The Morgan fingerprint density at radius 3 is 2.38 bits per heavy atom. The lowest BCUT2D eigenvalue weighted by Gasteiger charge is -2.13. The van der Waals surface area contributed by atoms with E-state index in [0.717, 1.165) is 28.3 Å². The molecule has 0 aliphatic carbocycles. The number of halogens is 1. The molecule has 0 bridgehead atoms. The molecular weight excluding hydrogens is 488 g/mol. The average molecular weight is 515 g/mol. The first-order valence-corrected chi connectivity index (χ1v) is 12.2. The predicted octanol–water partition coefficient (Wildman–Crippen LogP) is 7.61. The zero-order chi connectivity index (χ0) is 26.0. The van der Waals surface area contributed by atoms with Gasteiger partial charge in [-0.1, -0.05) is 35.9 Å². The molecule has 4 aromatic carbocycles. The second-order valence-corrected chi connectivity index (χ2v) is 8.51. The number of rotatable bonds is 10. The molecule has 0 saturated heterocycles. The summed E-state index contributed by atoms with van der Waals surface area (Å²) in [5.74, 6) is 2.22. The van der Waals surface area contributed by atoms with Gasteiger partial charge in [0, 0.05) is 16.9 Å². The molecule has 188 valence electrons. The van der Waals surface area contributed by atoms with Crippen molar-refractivity contribution in [2.45, 2.75) is 13.8 Å². The largest absolute Gasteiger partial charge is 0.490 e. The van der Waals surface area contributed by atoms with Crippen LogP contribution in [0.15, 0.2) is 96.0 Å². The number of nitrogens with one attached hydrogen (secondary N) is 1. The number of ether oxygens (including phenoxy) is 3. The number of aryl methyl sites for hydroxylation is 1. The van der Waals surface area contributed by atoms with Crippen molar-refractivity contribution in [2.75, 3.05) is 18.5 Å². The van der Waals surface area contributed by atoms with E-state index in [2.05, 4.69) is 10.3 Å². The molecule has 0 aliphatic rings. The van der Waals surface area contributed by atoms with Crippen molar-refractivity contribution in [3.63, 3.8) is 0 Å². The first-order valence-electron chi connectivity index (χ1n) is 11.8. The van der Waals surface area contributed by atoms with E-state index >= 15 is 0 Å². The van der Waals surface area contributed by atoms with Crippen LogP contribution in [0.1, 0.15) is 18.1 Å². The Morgan fingerprint density at radius 2 is 1.65 bits per heavy atom. The zero-order valence-corrected chi connectivity index (χ0v) is 21.4. The smallest absolute Gasteiger partial charge is 0.262 e. The van der Waals surface area contributed by atoms with E-state index in [4.69, 9.17) is 25.8 Å². The molecule has 0 spiro atoms. The van der Waals surface area contributed by atoms with Gasteiger partial charge in [-0.25, -0.2) is 0 Å². The van der Waals surface area contributed by atoms with Crippen molar-refractivity contribution in [2.24, 2.45) is 4.99 Å². The van der Waals surface area contributed by atoms with Gasteiger partial charge in [0.05, 0.1) is 12.3 Å². The van der Waals surface area contributed by atoms with Gasteiger partial charge in [-0.05, 0) is 91.7 Å². The van der Waals surface area contributed by atoms with Crippen LogP contribution >= 0.6 is 11.6 Å². The molecule has 0 heterocycles. The second-order valence-electron chi connectivity index (χ2n) is 8.11. The number of aliphatic imine (C=N–C) groups is 1. The van der Waals surface area contributed by atoms with Crippen LogP contribution < -0.4 is 19.5 Å². The number of anilines is 1. The Bertz CT molecular complexity index is 1370. The summed E-state index contributed by atoms with van der Waals surface area (Å²) in [5.41, 5.74) is 3.17. The third kappa shape index (κ3) is 7.59. The summed E-state index contributed by atoms with van der Waals surface area (Å²) in [4.78, 5) is 16.9. The lowest BCUT2D eigenvalue weighted by atomic mass is 10.2. The number of hydrogen-bond donors (Lipinski definition) is 1. The van der Waals surface area contributed by atoms with Gasteiger partial charge in [0.2, 0.25) is 0 Å². The van der Waals surface area contributed by atoms with Gasteiger partial charge in [-0.2, -0.15) is 0 Å². The van der Waals surface area contributed by atoms with Crippen LogP contribution in [0, 0.1) is 6.92 Å². The van der Waals surface area contributed by atoms with Gasteiger partial charge in [0.15, 0.2) is 18.1 Å². The highest BCUT2D eigenvalue weighted by molar-refractivity contribution is 6.31. The van der Waals surface area contributed by atoms with E-state index in [1.807, 2.05) is 86.6 Å². The van der Waals surface area contributed by atoms with Crippen LogP contribution in [0.5, 0.6) is 23.0 Å². The van der Waals surface area contributed by atoms with Crippen LogP contribution in [0.3, 0.4) is 0 Å². The number of nitrogens with zero attached hydrogens (tertiary/aromatic N) is 1. The summed E-state index contributed by atoms with van der Waals surface area (Å²) >= 11 is 6.13. The molecule has 1 N–H and O–H groups in total. The fourth-order valence-electron chi connectivity index (χ4n) is 3.38. The lowest BCUT2D eigenvalue weighted by Crippen LogP contribution is -2.20. The number of carbonyl (C=O) groups excluding carboxylic acids is 1. The first-order chi connectivity index (χ1) is 18.0. The number of benzene rings is 4. The summed E-state index contributed by atoms with van der Waals surface area (Å²) < 4.78 is 17.3. The van der Waals surface area contributed by atoms with Crippen LogP contribution in [0.2, 0.25) is 5.02 Å². The highest BCUT2D eigenvalue weighted by Crippen LogP contribution is 2.29. The van der Waals surface area contributed by atoms with Gasteiger partial charge in [-0.3, -0.25) is 9.79 Å². The van der Waals surface area contributed by atoms with Crippen LogP contribution in [-0.2, 0) is 4.79 Å². The molecule has 1 amide bonds. The average Bonchev–Trinajstić information content (AvgIpc) is 2.91. The molecule has 37 heavy (non-hydrogen) atoms. The highest BCUT2D eigenvalue weighted by atomic mass is 35.5. The highest BCUT2D eigenvalue weighted by Gasteiger charge is 2.10. The minimum atomic E-state index is -0.298. The maximum Gasteiger partial charge on any atom is 0.262 e. The molecule has 0 radical (unpaired) electrons. The van der Waals surface area contributed by atoms with Gasteiger partial charge in [-0.15, -0.1) is 0 Å². The quantitative estimate of drug-likeness (QED) is 0.221. The third-order valence-electron chi connectivity index (χ3n) is 5.26. The van der Waals surface area contributed by atoms with Crippen molar-refractivity contribution < 1.29 is 19.0 Å². The van der Waals surface area contributed by atoms with Crippen molar-refractivity contribution in [3.8, 4) is 23.0 Å². The van der Waals surface area contributed by atoms with E-state index in [1.54, 1.807) is 24.4 Å². The molecule has 6 nitrogen and oxygen atoms in total. The SMILES string of the molecule is CCOc1cc(C=Nc2ccc(Oc3ccccc3)cc2)ccc1OCC(=O)Nc1ccc(C)c(Cl)c1. The normalized spacial score (nSPS) is 10.8. The van der Waals surface area contributed by atoms with Crippen molar-refractivity contribution >= 4 is 35.1 Å². The van der Waals surface area contributed by atoms with Gasteiger partial charge >= 0.3 is 0 Å². The number of amides is 1. The maximum atomic E-state index is 12.4. The lowest BCUT2D eigenvalue weighted by molar-refractivity contribution is -0.118. The van der Waals surface area contributed by atoms with E-state index in [0.29, 0.717) is 28.8 Å². The summed E-state index contributed by atoms with van der Waals surface area (Å²) in [6.45, 7) is 4.07. The molecule has 4 rings (SSSR count). The van der Waals surface area contributed by atoms with Crippen molar-refractivity contribution in [1.29, 1.82) is 0 Å². The standard InChI is InChI=1S/C30H27ClN2O4/c1-3-35-29-17-22(19-32-23-12-14-26(15-13-23)37-25-7-5-4-6-8-25)10-16-28(29)36-20-30(34)33-24-11-9-21(2)27(31)18-24/h4-19H,3,20H2,1-2H3,(H,33,34). The Kier molecular flexibility index (Phi) is 8.79. The first kappa shape index (κ1) is 25.8. The van der Waals surface area contributed by atoms with E-state index in [-0.39, 0.29) is 12.5 Å². The summed E-state index contributed by atoms with van der Waals surface area (Å²) in [5, 5.41) is 3.37. The Morgan fingerprint density at radius 1 is 0.892 bits per heavy atom. The Labute approximate surface area is 221 Å². The van der Waals surface area contributed by atoms with Crippen LogP contribution in [0.25, 0.3) is 0 Å². The van der Waals surface area contributed by atoms with Crippen molar-refractivity contribution in [1.82, 2.24) is 0 Å². The molecule has 0 unspecified atom stereocenters. The molecule has 0 atom stereocenters. The Hall–Kier alpha value is -4.29. The Balaban J connectivity index is 1.37. The molecular formula is C30H27ClN2O4. The summed E-state index contributed by atoms with van der Waals surface area (Å²) in [7, 11) is 0. The van der Waals surface area contributed by atoms with E-state index < -0.39 is 0 Å². The van der Waals surface area contributed by atoms with E-state index in [1.165, 1.54) is 0 Å². The third-order valence-corrected chi connectivity index (χ3v) is 5.67. The monoisotopic (exact) mass is 514 g/mol. The van der Waals surface area contributed by atoms with Crippen LogP contribution in [-0.4, -0.2) is 25.3 Å². The molecule has 4 aromatic rings. The minimum absolute atomic E-state index is 0.170. The predicted molar refractivity (Wildman–Crippen MR) is 148 cm³/mol. The number of hydrogen-bond acceptors (Lipinski definition) is 5. The molecule has 0 aromatic heterocycles. The van der Waals surface area contributed by atoms with Gasteiger partial charge in [0.1, 0.15) is 11.5 Å². The van der Waals surface area contributed by atoms with Crippen LogP contribution in [0.4, 0.5) is 11.4 Å². The topological polar surface area (TPSA) is 69.1 Å². The fraction of sp³-hybridized carbons (Fsp3) is 0.133. The summed E-state index contributed by atoms with van der Waals surface area (Å²) in [6.07, 6.45) is 1.74. The fourth-order valence-corrected chi connectivity index (χ4v) is 3.56. The zero-order valence-electron chi connectivity index (χ0n) is 20.6. The summed E-state index contributed by atoms with van der Waals surface area (Å²) in [6, 6.07) is 27.9. The second kappa shape index (κ2) is 12.6. The molecule has 0 saturated carbocycles. The van der Waals surface area contributed by atoms with Gasteiger partial charge in [0.25, 0.3) is 5.91 Å². The van der Waals surface area contributed by atoms with E-state index in [9.17, 15) is 4.79 Å². The number of carbonyl (C=O) groups is 1. The van der Waals surface area contributed by atoms with Gasteiger partial charge < -0.3 is 19.5 Å². The molecule has 7 heteroatoms. The van der Waals surface area contributed by atoms with Crippen molar-refractivity contribution in [3.05, 3.63) is 107 Å². The maximum absolute atomic E-state index is 12.4. The number of para-hydroxylation sites is 1. The molecule has 0 fully saturated rings. The molecule has 0 aliphatic heterocycles.